The van der Waals surface area contributed by atoms with E-state index in [1.54, 1.807) is 0 Å². The van der Waals surface area contributed by atoms with Gasteiger partial charge in [-0.3, -0.25) is 4.79 Å². The first kappa shape index (κ1) is 16.2. The molecule has 1 aliphatic carbocycles. The summed E-state index contributed by atoms with van der Waals surface area (Å²) in [6.07, 6.45) is 5.05. The second-order valence-electron chi connectivity index (χ2n) is 7.40. The van der Waals surface area contributed by atoms with E-state index in [-0.39, 0.29) is 5.78 Å². The zero-order chi connectivity index (χ0) is 17.4. The standard InChI is InChI=1S/C21H27N3O/c1-15-13-20(16(2)24(15)19-9-10-19)21(25)14-22-17-5-7-18(8-6-17)23-11-3-4-12-23/h5-8,13,19,22H,3-4,9-12,14H2,1-2H3. The van der Waals surface area contributed by atoms with Crippen molar-refractivity contribution in [2.24, 2.45) is 0 Å². The summed E-state index contributed by atoms with van der Waals surface area (Å²) in [6, 6.07) is 11.1. The van der Waals surface area contributed by atoms with Crippen molar-refractivity contribution >= 4 is 17.2 Å². The number of rotatable bonds is 6. The molecule has 2 aromatic rings. The summed E-state index contributed by atoms with van der Waals surface area (Å²) < 4.78 is 2.33. The van der Waals surface area contributed by atoms with Gasteiger partial charge in [0, 0.05) is 47.5 Å². The molecule has 0 bridgehead atoms. The third-order valence-corrected chi connectivity index (χ3v) is 5.49. The van der Waals surface area contributed by atoms with Crippen molar-refractivity contribution in [1.82, 2.24) is 4.57 Å². The van der Waals surface area contributed by atoms with Crippen LogP contribution in [0, 0.1) is 13.8 Å². The van der Waals surface area contributed by atoms with Gasteiger partial charge in [0.05, 0.1) is 6.54 Å². The minimum Gasteiger partial charge on any atom is -0.378 e. The van der Waals surface area contributed by atoms with E-state index in [2.05, 4.69) is 52.9 Å². The first-order valence-electron chi connectivity index (χ1n) is 9.44. The molecule has 2 heterocycles. The first-order chi connectivity index (χ1) is 12.1. The van der Waals surface area contributed by atoms with E-state index in [1.807, 2.05) is 6.07 Å². The van der Waals surface area contributed by atoms with Crippen LogP contribution in [0.2, 0.25) is 0 Å². The fourth-order valence-electron chi connectivity index (χ4n) is 4.00. The Hall–Kier alpha value is -2.23. The number of carbonyl (C=O) groups excluding carboxylic acids is 1. The third kappa shape index (κ3) is 3.30. The molecule has 25 heavy (non-hydrogen) atoms. The summed E-state index contributed by atoms with van der Waals surface area (Å²) in [6.45, 7) is 6.83. The molecule has 1 saturated heterocycles. The SMILES string of the molecule is Cc1cc(C(=O)CNc2ccc(N3CCCC3)cc2)c(C)n1C1CC1. The number of carbonyl (C=O) groups is 1. The maximum absolute atomic E-state index is 12.6. The predicted molar refractivity (Wildman–Crippen MR) is 103 cm³/mol. The Kier molecular flexibility index (Phi) is 4.28. The Bertz CT molecular complexity index is 765. The second-order valence-corrected chi connectivity index (χ2v) is 7.40. The lowest BCUT2D eigenvalue weighted by molar-refractivity contribution is 0.101. The number of anilines is 2. The van der Waals surface area contributed by atoms with Gasteiger partial charge < -0.3 is 14.8 Å². The molecule has 2 fully saturated rings. The van der Waals surface area contributed by atoms with Crippen LogP contribution >= 0.6 is 0 Å². The highest BCUT2D eigenvalue weighted by Crippen LogP contribution is 2.38. The molecule has 4 heteroatoms. The summed E-state index contributed by atoms with van der Waals surface area (Å²) in [7, 11) is 0. The Morgan fingerprint density at radius 1 is 1.12 bits per heavy atom. The van der Waals surface area contributed by atoms with Crippen molar-refractivity contribution in [3.05, 3.63) is 47.3 Å². The van der Waals surface area contributed by atoms with Gasteiger partial charge in [-0.15, -0.1) is 0 Å². The normalized spacial score (nSPS) is 17.1. The molecule has 1 aromatic carbocycles. The number of aromatic nitrogens is 1. The maximum Gasteiger partial charge on any atom is 0.183 e. The van der Waals surface area contributed by atoms with Gasteiger partial charge in [0.15, 0.2) is 5.78 Å². The van der Waals surface area contributed by atoms with Crippen molar-refractivity contribution in [3.63, 3.8) is 0 Å². The zero-order valence-electron chi connectivity index (χ0n) is 15.2. The van der Waals surface area contributed by atoms with Gasteiger partial charge in [-0.2, -0.15) is 0 Å². The molecule has 0 radical (unpaired) electrons. The highest BCUT2D eigenvalue weighted by molar-refractivity contribution is 6.00. The molecule has 132 valence electrons. The smallest absolute Gasteiger partial charge is 0.183 e. The average Bonchev–Trinajstić information content (AvgIpc) is 3.19. The molecule has 1 aromatic heterocycles. The molecule has 2 aliphatic rings. The molecular formula is C21H27N3O. The Labute approximate surface area is 149 Å². The lowest BCUT2D eigenvalue weighted by Crippen LogP contribution is -2.17. The fourth-order valence-corrected chi connectivity index (χ4v) is 4.00. The Balaban J connectivity index is 1.39. The minimum absolute atomic E-state index is 0.170. The number of aryl methyl sites for hydroxylation is 1. The summed E-state index contributed by atoms with van der Waals surface area (Å²) in [5.41, 5.74) is 5.48. The second kappa shape index (κ2) is 6.58. The van der Waals surface area contributed by atoms with Crippen molar-refractivity contribution in [1.29, 1.82) is 0 Å². The molecular weight excluding hydrogens is 310 g/mol. The van der Waals surface area contributed by atoms with E-state index < -0.39 is 0 Å². The predicted octanol–water partition coefficient (Wildman–Crippen LogP) is 4.33. The molecule has 4 nitrogen and oxygen atoms in total. The van der Waals surface area contributed by atoms with E-state index in [0.717, 1.165) is 30.0 Å². The third-order valence-electron chi connectivity index (χ3n) is 5.49. The number of nitrogens with zero attached hydrogens (tertiary/aromatic N) is 2. The fraction of sp³-hybridized carbons (Fsp3) is 0.476. The van der Waals surface area contributed by atoms with Gasteiger partial charge >= 0.3 is 0 Å². The number of ketones is 1. The number of nitrogens with one attached hydrogen (secondary N) is 1. The van der Waals surface area contributed by atoms with Crippen LogP contribution in [0.4, 0.5) is 11.4 Å². The summed E-state index contributed by atoms with van der Waals surface area (Å²) in [5, 5.41) is 3.28. The van der Waals surface area contributed by atoms with Crippen LogP contribution in [0.1, 0.15) is 53.5 Å². The highest BCUT2D eigenvalue weighted by atomic mass is 16.1. The average molecular weight is 337 g/mol. The van der Waals surface area contributed by atoms with E-state index in [9.17, 15) is 4.79 Å². The highest BCUT2D eigenvalue weighted by Gasteiger charge is 2.28. The molecule has 0 unspecified atom stereocenters. The molecule has 1 N–H and O–H groups in total. The number of hydrogen-bond donors (Lipinski definition) is 1. The Morgan fingerprint density at radius 2 is 1.80 bits per heavy atom. The van der Waals surface area contributed by atoms with Crippen LogP contribution in [-0.2, 0) is 0 Å². The van der Waals surface area contributed by atoms with Gasteiger partial charge in [0.25, 0.3) is 0 Å². The molecule has 1 aliphatic heterocycles. The summed E-state index contributed by atoms with van der Waals surface area (Å²) in [5.74, 6) is 0.170. The van der Waals surface area contributed by atoms with Crippen LogP contribution in [0.3, 0.4) is 0 Å². The van der Waals surface area contributed by atoms with Gasteiger partial charge in [0.1, 0.15) is 0 Å². The molecule has 1 saturated carbocycles. The zero-order valence-corrected chi connectivity index (χ0v) is 15.2. The van der Waals surface area contributed by atoms with E-state index in [4.69, 9.17) is 0 Å². The topological polar surface area (TPSA) is 37.3 Å². The minimum atomic E-state index is 0.170. The number of hydrogen-bond acceptors (Lipinski definition) is 3. The largest absolute Gasteiger partial charge is 0.378 e. The lowest BCUT2D eigenvalue weighted by Gasteiger charge is -2.17. The van der Waals surface area contributed by atoms with E-state index in [1.165, 1.54) is 37.1 Å². The van der Waals surface area contributed by atoms with Gasteiger partial charge in [-0.1, -0.05) is 0 Å². The Morgan fingerprint density at radius 3 is 2.44 bits per heavy atom. The van der Waals surface area contributed by atoms with Crippen LogP contribution in [-0.4, -0.2) is 30.0 Å². The van der Waals surface area contributed by atoms with E-state index in [0.29, 0.717) is 12.6 Å². The van der Waals surface area contributed by atoms with E-state index >= 15 is 0 Å². The molecule has 0 amide bonds. The quantitative estimate of drug-likeness (QED) is 0.797. The molecule has 0 atom stereocenters. The number of benzene rings is 1. The lowest BCUT2D eigenvalue weighted by atomic mass is 10.1. The monoisotopic (exact) mass is 337 g/mol. The van der Waals surface area contributed by atoms with Crippen LogP contribution in [0.25, 0.3) is 0 Å². The molecule has 4 rings (SSSR count). The maximum atomic E-state index is 12.6. The van der Waals surface area contributed by atoms with Crippen LogP contribution in [0.5, 0.6) is 0 Å². The summed E-state index contributed by atoms with van der Waals surface area (Å²) in [4.78, 5) is 15.1. The van der Waals surface area contributed by atoms with Crippen LogP contribution < -0.4 is 10.2 Å². The van der Waals surface area contributed by atoms with Gasteiger partial charge in [0.2, 0.25) is 0 Å². The molecule has 0 spiro atoms. The van der Waals surface area contributed by atoms with Crippen molar-refractivity contribution in [2.45, 2.75) is 45.6 Å². The van der Waals surface area contributed by atoms with Crippen molar-refractivity contribution in [3.8, 4) is 0 Å². The van der Waals surface area contributed by atoms with Crippen molar-refractivity contribution in [2.75, 3.05) is 29.9 Å². The van der Waals surface area contributed by atoms with Crippen LogP contribution in [0.15, 0.2) is 30.3 Å². The van der Waals surface area contributed by atoms with Gasteiger partial charge in [-0.25, -0.2) is 0 Å². The number of Topliss-reactive ketones (excluding diaryl/α,β-unsaturated/α-hetero) is 1. The van der Waals surface area contributed by atoms with Crippen molar-refractivity contribution < 1.29 is 4.79 Å². The summed E-state index contributed by atoms with van der Waals surface area (Å²) >= 11 is 0. The van der Waals surface area contributed by atoms with Gasteiger partial charge in [-0.05, 0) is 69.9 Å². The first-order valence-corrected chi connectivity index (χ1v) is 9.44.